The molecule has 0 aliphatic rings. The maximum atomic E-state index is 11.6. The summed E-state index contributed by atoms with van der Waals surface area (Å²) >= 11 is 3.02. The Hall–Kier alpha value is -0.740. The van der Waals surface area contributed by atoms with Crippen LogP contribution in [0.25, 0.3) is 0 Å². The van der Waals surface area contributed by atoms with Crippen molar-refractivity contribution in [1.29, 1.82) is 0 Å². The first-order valence-corrected chi connectivity index (χ1v) is 6.45. The van der Waals surface area contributed by atoms with Crippen LogP contribution in [0.5, 0.6) is 0 Å². The lowest BCUT2D eigenvalue weighted by atomic mass is 10.3. The molecule has 0 aliphatic carbocycles. The van der Waals surface area contributed by atoms with E-state index in [1.165, 1.54) is 11.3 Å². The summed E-state index contributed by atoms with van der Waals surface area (Å²) in [6.45, 7) is 2.85. The van der Waals surface area contributed by atoms with E-state index < -0.39 is 0 Å². The molecule has 4 heteroatoms. The van der Waals surface area contributed by atoms with Gasteiger partial charge in [0, 0.05) is 12.6 Å². The molecule has 14 heavy (non-hydrogen) atoms. The van der Waals surface area contributed by atoms with E-state index in [9.17, 15) is 4.79 Å². The number of hydrogen-bond acceptors (Lipinski definition) is 4. The van der Waals surface area contributed by atoms with Gasteiger partial charge in [0.25, 0.3) is 0 Å². The third kappa shape index (κ3) is 3.20. The van der Waals surface area contributed by atoms with Gasteiger partial charge in [0.1, 0.15) is 0 Å². The van der Waals surface area contributed by atoms with Crippen molar-refractivity contribution in [3.63, 3.8) is 0 Å². The molecule has 1 aromatic heterocycles. The maximum absolute atomic E-state index is 11.6. The minimum Gasteiger partial charge on any atom is -0.380 e. The molecule has 0 bridgehead atoms. The number of rotatable bonds is 5. The molecular formula is C10H13NOS2. The van der Waals surface area contributed by atoms with Crippen LogP contribution in [0.3, 0.4) is 0 Å². The number of thioether (sulfide) groups is 1. The van der Waals surface area contributed by atoms with Crippen molar-refractivity contribution in [3.05, 3.63) is 33.5 Å². The Balaban J connectivity index is 2.70. The third-order valence-electron chi connectivity index (χ3n) is 1.60. The lowest BCUT2D eigenvalue weighted by Crippen LogP contribution is -2.10. The SMILES string of the molecule is CCN/C(=C\C(=O)c1cccs1)SC. The number of allylic oxidation sites excluding steroid dienone is 1. The van der Waals surface area contributed by atoms with Gasteiger partial charge in [-0.1, -0.05) is 6.07 Å². The van der Waals surface area contributed by atoms with Crippen molar-refractivity contribution in [3.8, 4) is 0 Å². The zero-order valence-corrected chi connectivity index (χ0v) is 9.87. The highest BCUT2D eigenvalue weighted by Crippen LogP contribution is 2.13. The lowest BCUT2D eigenvalue weighted by Gasteiger charge is -2.03. The molecule has 0 spiro atoms. The van der Waals surface area contributed by atoms with Gasteiger partial charge in [-0.05, 0) is 24.6 Å². The molecule has 0 unspecified atom stereocenters. The first kappa shape index (κ1) is 11.3. The number of nitrogens with one attached hydrogen (secondary N) is 1. The second kappa shape index (κ2) is 5.88. The average molecular weight is 227 g/mol. The van der Waals surface area contributed by atoms with Crippen molar-refractivity contribution < 1.29 is 4.79 Å². The van der Waals surface area contributed by atoms with Crippen LogP contribution in [0, 0.1) is 0 Å². The van der Waals surface area contributed by atoms with E-state index in [4.69, 9.17) is 0 Å². The molecule has 0 amide bonds. The van der Waals surface area contributed by atoms with Crippen molar-refractivity contribution >= 4 is 28.9 Å². The van der Waals surface area contributed by atoms with E-state index in [0.29, 0.717) is 0 Å². The van der Waals surface area contributed by atoms with E-state index in [0.717, 1.165) is 16.5 Å². The highest BCUT2D eigenvalue weighted by atomic mass is 32.2. The predicted molar refractivity (Wildman–Crippen MR) is 63.9 cm³/mol. The van der Waals surface area contributed by atoms with Crippen LogP contribution in [0.2, 0.25) is 0 Å². The van der Waals surface area contributed by atoms with E-state index in [-0.39, 0.29) is 5.78 Å². The van der Waals surface area contributed by atoms with Gasteiger partial charge in [-0.3, -0.25) is 4.79 Å². The largest absolute Gasteiger partial charge is 0.380 e. The Morgan fingerprint density at radius 3 is 3.00 bits per heavy atom. The van der Waals surface area contributed by atoms with Gasteiger partial charge < -0.3 is 5.32 Å². The van der Waals surface area contributed by atoms with Gasteiger partial charge in [0.05, 0.1) is 9.91 Å². The quantitative estimate of drug-likeness (QED) is 0.619. The Kier molecular flexibility index (Phi) is 4.76. The molecule has 0 radical (unpaired) electrons. The Morgan fingerprint density at radius 2 is 2.50 bits per heavy atom. The van der Waals surface area contributed by atoms with Gasteiger partial charge >= 0.3 is 0 Å². The number of carbonyl (C=O) groups excluding carboxylic acids is 1. The zero-order valence-electron chi connectivity index (χ0n) is 8.24. The summed E-state index contributed by atoms with van der Waals surface area (Å²) in [6.07, 6.45) is 3.61. The van der Waals surface area contributed by atoms with Gasteiger partial charge in [-0.2, -0.15) is 0 Å². The fourth-order valence-electron chi connectivity index (χ4n) is 0.965. The van der Waals surface area contributed by atoms with Crippen LogP contribution >= 0.6 is 23.1 Å². The molecule has 1 rings (SSSR count). The second-order valence-electron chi connectivity index (χ2n) is 2.58. The molecule has 1 heterocycles. The average Bonchev–Trinajstić information content (AvgIpc) is 2.69. The Labute approximate surface area is 92.4 Å². The fourth-order valence-corrected chi connectivity index (χ4v) is 2.11. The summed E-state index contributed by atoms with van der Waals surface area (Å²) in [6, 6.07) is 3.73. The molecule has 0 fully saturated rings. The highest BCUT2D eigenvalue weighted by molar-refractivity contribution is 8.02. The Bertz CT molecular complexity index is 317. The predicted octanol–water partition coefficient (Wildman–Crippen LogP) is 2.74. The summed E-state index contributed by atoms with van der Waals surface area (Å²) in [7, 11) is 0. The van der Waals surface area contributed by atoms with Gasteiger partial charge in [0.15, 0.2) is 5.78 Å². The van der Waals surface area contributed by atoms with E-state index >= 15 is 0 Å². The second-order valence-corrected chi connectivity index (χ2v) is 4.38. The Morgan fingerprint density at radius 1 is 1.71 bits per heavy atom. The number of ketones is 1. The topological polar surface area (TPSA) is 29.1 Å². The van der Waals surface area contributed by atoms with Crippen LogP contribution < -0.4 is 5.32 Å². The van der Waals surface area contributed by atoms with Crippen LogP contribution in [-0.4, -0.2) is 18.6 Å². The molecule has 76 valence electrons. The molecule has 0 saturated carbocycles. The zero-order chi connectivity index (χ0) is 10.4. The maximum Gasteiger partial charge on any atom is 0.198 e. The summed E-state index contributed by atoms with van der Waals surface area (Å²) in [5, 5.41) is 5.96. The van der Waals surface area contributed by atoms with E-state index in [1.54, 1.807) is 17.8 Å². The van der Waals surface area contributed by atoms with E-state index in [1.807, 2.05) is 30.7 Å². The molecular weight excluding hydrogens is 214 g/mol. The highest BCUT2D eigenvalue weighted by Gasteiger charge is 2.04. The van der Waals surface area contributed by atoms with Crippen LogP contribution in [0.4, 0.5) is 0 Å². The summed E-state index contributed by atoms with van der Waals surface area (Å²) in [5.41, 5.74) is 0. The van der Waals surface area contributed by atoms with Crippen LogP contribution in [0.15, 0.2) is 28.6 Å². The fraction of sp³-hybridized carbons (Fsp3) is 0.300. The minimum absolute atomic E-state index is 0.0744. The van der Waals surface area contributed by atoms with Crippen molar-refractivity contribution in [2.45, 2.75) is 6.92 Å². The molecule has 0 aliphatic heterocycles. The third-order valence-corrected chi connectivity index (χ3v) is 3.18. The number of hydrogen-bond donors (Lipinski definition) is 1. The van der Waals surface area contributed by atoms with Crippen molar-refractivity contribution in [2.24, 2.45) is 0 Å². The lowest BCUT2D eigenvalue weighted by molar-refractivity contribution is 0.105. The molecule has 2 nitrogen and oxygen atoms in total. The standard InChI is InChI=1S/C10H13NOS2/c1-3-11-10(13-2)7-8(12)9-5-4-6-14-9/h4-7,11H,3H2,1-2H3/b10-7+. The van der Waals surface area contributed by atoms with Crippen molar-refractivity contribution in [2.75, 3.05) is 12.8 Å². The summed E-state index contributed by atoms with van der Waals surface area (Å²) < 4.78 is 0. The normalized spacial score (nSPS) is 11.4. The minimum atomic E-state index is 0.0744. The molecule has 0 aromatic carbocycles. The number of thiophene rings is 1. The number of carbonyl (C=O) groups is 1. The summed E-state index contributed by atoms with van der Waals surface area (Å²) in [5.74, 6) is 0.0744. The first-order valence-electron chi connectivity index (χ1n) is 4.35. The monoisotopic (exact) mass is 227 g/mol. The molecule has 1 N–H and O–H groups in total. The first-order chi connectivity index (χ1) is 6.77. The molecule has 0 atom stereocenters. The summed E-state index contributed by atoms with van der Waals surface area (Å²) in [4.78, 5) is 12.4. The van der Waals surface area contributed by atoms with Crippen LogP contribution in [-0.2, 0) is 0 Å². The van der Waals surface area contributed by atoms with E-state index in [2.05, 4.69) is 5.32 Å². The van der Waals surface area contributed by atoms with Gasteiger partial charge in [-0.25, -0.2) is 0 Å². The molecule has 1 aromatic rings. The molecule has 0 saturated heterocycles. The van der Waals surface area contributed by atoms with Crippen molar-refractivity contribution in [1.82, 2.24) is 5.32 Å². The van der Waals surface area contributed by atoms with Gasteiger partial charge in [-0.15, -0.1) is 23.1 Å². The van der Waals surface area contributed by atoms with Gasteiger partial charge in [0.2, 0.25) is 0 Å². The van der Waals surface area contributed by atoms with Crippen LogP contribution in [0.1, 0.15) is 16.6 Å². The smallest absolute Gasteiger partial charge is 0.198 e.